The summed E-state index contributed by atoms with van der Waals surface area (Å²) in [6, 6.07) is 7.42. The average molecular weight is 445 g/mol. The topological polar surface area (TPSA) is 90.3 Å². The van der Waals surface area contributed by atoms with Gasteiger partial charge >= 0.3 is 0 Å². The number of aliphatic hydroxyl groups is 1. The number of benzene rings is 1. The van der Waals surface area contributed by atoms with Gasteiger partial charge in [0.05, 0.1) is 24.3 Å². The number of amides is 1. The molecule has 1 unspecified atom stereocenters. The lowest BCUT2D eigenvalue weighted by molar-refractivity contribution is -0.139. The number of ether oxygens (including phenoxy) is 1. The first-order chi connectivity index (χ1) is 14.9. The van der Waals surface area contributed by atoms with E-state index in [9.17, 15) is 19.8 Å². The highest BCUT2D eigenvalue weighted by molar-refractivity contribution is 7.10. The van der Waals surface area contributed by atoms with E-state index in [4.69, 9.17) is 4.74 Å². The smallest absolute Gasteiger partial charge is 0.295 e. The standard InChI is InChI=1S/C23H28N2O5S/c1-4-24(5-2)11-7-12-25-20(18-8-6-13-31-18)19(22(28)23(25)29)21(27)16-10-9-15(30-3)14-17(16)26/h6,8-10,13-14,20,26-27H,4-5,7,11-12H2,1-3H3. The van der Waals surface area contributed by atoms with Crippen LogP contribution in [0.5, 0.6) is 11.5 Å². The van der Waals surface area contributed by atoms with Gasteiger partial charge in [0.1, 0.15) is 17.3 Å². The van der Waals surface area contributed by atoms with E-state index in [0.717, 1.165) is 24.5 Å². The molecule has 1 fully saturated rings. The van der Waals surface area contributed by atoms with Crippen molar-refractivity contribution in [2.45, 2.75) is 26.3 Å². The Bertz CT molecular complexity index is 966. The molecule has 166 valence electrons. The number of phenolic OH excluding ortho intramolecular Hbond substituents is 1. The maximum absolute atomic E-state index is 13.0. The van der Waals surface area contributed by atoms with E-state index in [1.165, 1.54) is 35.5 Å². The fourth-order valence-electron chi connectivity index (χ4n) is 3.84. The summed E-state index contributed by atoms with van der Waals surface area (Å²) in [5, 5.41) is 23.2. The van der Waals surface area contributed by atoms with Crippen molar-refractivity contribution < 1.29 is 24.5 Å². The van der Waals surface area contributed by atoms with Crippen LogP contribution in [0.1, 0.15) is 36.8 Å². The number of thiophene rings is 1. The van der Waals surface area contributed by atoms with Crippen LogP contribution in [0.25, 0.3) is 5.76 Å². The highest BCUT2D eigenvalue weighted by atomic mass is 32.1. The Kier molecular flexibility index (Phi) is 7.35. The number of methoxy groups -OCH3 is 1. The first-order valence-electron chi connectivity index (χ1n) is 10.3. The second kappa shape index (κ2) is 9.98. The molecule has 3 rings (SSSR count). The summed E-state index contributed by atoms with van der Waals surface area (Å²) >= 11 is 1.42. The summed E-state index contributed by atoms with van der Waals surface area (Å²) in [4.78, 5) is 30.4. The maximum atomic E-state index is 13.0. The van der Waals surface area contributed by atoms with Gasteiger partial charge in [0.25, 0.3) is 11.7 Å². The first-order valence-corrected chi connectivity index (χ1v) is 11.2. The molecule has 2 heterocycles. The number of carbonyl (C=O) groups is 2. The van der Waals surface area contributed by atoms with Crippen LogP contribution in [0, 0.1) is 0 Å². The molecule has 1 aromatic carbocycles. The van der Waals surface area contributed by atoms with Crippen molar-refractivity contribution in [2.75, 3.05) is 33.3 Å². The minimum Gasteiger partial charge on any atom is -0.507 e. The average Bonchev–Trinajstić information content (AvgIpc) is 3.38. The molecule has 1 aliphatic heterocycles. The predicted molar refractivity (Wildman–Crippen MR) is 120 cm³/mol. The van der Waals surface area contributed by atoms with E-state index in [2.05, 4.69) is 18.7 Å². The Labute approximate surface area is 186 Å². The zero-order valence-electron chi connectivity index (χ0n) is 18.0. The number of phenols is 1. The van der Waals surface area contributed by atoms with Crippen LogP contribution >= 0.6 is 11.3 Å². The third-order valence-corrected chi connectivity index (χ3v) is 6.51. The molecule has 0 bridgehead atoms. The number of nitrogens with zero attached hydrogens (tertiary/aromatic N) is 2. The van der Waals surface area contributed by atoms with Crippen molar-refractivity contribution in [1.82, 2.24) is 9.80 Å². The minimum atomic E-state index is -0.742. The summed E-state index contributed by atoms with van der Waals surface area (Å²) in [6.45, 7) is 7.22. The third-order valence-electron chi connectivity index (χ3n) is 5.58. The lowest BCUT2D eigenvalue weighted by Gasteiger charge is -2.25. The Morgan fingerprint density at radius 3 is 2.55 bits per heavy atom. The van der Waals surface area contributed by atoms with Gasteiger partial charge in [-0.1, -0.05) is 19.9 Å². The molecular formula is C23H28N2O5S. The molecule has 31 heavy (non-hydrogen) atoms. The van der Waals surface area contributed by atoms with Gasteiger partial charge in [0.15, 0.2) is 0 Å². The van der Waals surface area contributed by atoms with Crippen LogP contribution in [0.3, 0.4) is 0 Å². The molecule has 1 atom stereocenters. The highest BCUT2D eigenvalue weighted by Crippen LogP contribution is 2.42. The number of carbonyl (C=O) groups excluding carboxylic acids is 2. The Morgan fingerprint density at radius 2 is 1.97 bits per heavy atom. The third kappa shape index (κ3) is 4.60. The number of rotatable bonds is 9. The van der Waals surface area contributed by atoms with Gasteiger partial charge in [0, 0.05) is 17.5 Å². The molecule has 0 aliphatic carbocycles. The fourth-order valence-corrected chi connectivity index (χ4v) is 4.69. The lowest BCUT2D eigenvalue weighted by atomic mass is 9.99. The van der Waals surface area contributed by atoms with Gasteiger partial charge in [-0.25, -0.2) is 0 Å². The largest absolute Gasteiger partial charge is 0.507 e. The highest BCUT2D eigenvalue weighted by Gasteiger charge is 2.46. The second-order valence-electron chi connectivity index (χ2n) is 7.27. The van der Waals surface area contributed by atoms with Gasteiger partial charge in [-0.15, -0.1) is 11.3 Å². The van der Waals surface area contributed by atoms with E-state index >= 15 is 0 Å². The van der Waals surface area contributed by atoms with Crippen LogP contribution < -0.4 is 4.74 Å². The number of hydrogen-bond acceptors (Lipinski definition) is 7. The minimum absolute atomic E-state index is 0.00393. The number of likely N-dealkylation sites (tertiary alicyclic amines) is 1. The molecule has 2 N–H and O–H groups in total. The summed E-state index contributed by atoms with van der Waals surface area (Å²) in [7, 11) is 1.47. The number of ketones is 1. The summed E-state index contributed by atoms with van der Waals surface area (Å²) in [6.07, 6.45) is 0.713. The molecule has 7 nitrogen and oxygen atoms in total. The van der Waals surface area contributed by atoms with Crippen molar-refractivity contribution in [3.8, 4) is 11.5 Å². The van der Waals surface area contributed by atoms with Gasteiger partial charge in [-0.3, -0.25) is 9.59 Å². The summed E-state index contributed by atoms with van der Waals surface area (Å²) in [5.74, 6) is -1.57. The quantitative estimate of drug-likeness (QED) is 0.349. The van der Waals surface area contributed by atoms with E-state index in [0.29, 0.717) is 18.7 Å². The lowest BCUT2D eigenvalue weighted by Crippen LogP contribution is -2.33. The predicted octanol–water partition coefficient (Wildman–Crippen LogP) is 3.62. The van der Waals surface area contributed by atoms with Crippen LogP contribution in [-0.2, 0) is 9.59 Å². The van der Waals surface area contributed by atoms with Crippen molar-refractivity contribution >= 4 is 28.8 Å². The van der Waals surface area contributed by atoms with Crippen molar-refractivity contribution in [3.63, 3.8) is 0 Å². The van der Waals surface area contributed by atoms with E-state index in [1.807, 2.05) is 17.5 Å². The second-order valence-corrected chi connectivity index (χ2v) is 8.25. The van der Waals surface area contributed by atoms with Crippen molar-refractivity contribution in [3.05, 3.63) is 51.7 Å². The molecule has 0 radical (unpaired) electrons. The molecule has 0 spiro atoms. The Morgan fingerprint density at radius 1 is 1.23 bits per heavy atom. The van der Waals surface area contributed by atoms with Gasteiger partial charge < -0.3 is 24.7 Å². The van der Waals surface area contributed by atoms with Gasteiger partial charge in [-0.2, -0.15) is 0 Å². The number of Topliss-reactive ketones (excluding diaryl/α,β-unsaturated/α-hetero) is 1. The van der Waals surface area contributed by atoms with Crippen molar-refractivity contribution in [2.24, 2.45) is 0 Å². The molecule has 1 saturated heterocycles. The molecule has 2 aromatic rings. The maximum Gasteiger partial charge on any atom is 0.295 e. The van der Waals surface area contributed by atoms with Gasteiger partial charge in [0.2, 0.25) is 0 Å². The molecule has 8 heteroatoms. The molecule has 1 amide bonds. The zero-order valence-corrected chi connectivity index (χ0v) is 18.8. The molecule has 1 aliphatic rings. The molecule has 1 aromatic heterocycles. The van der Waals surface area contributed by atoms with Crippen LogP contribution in [-0.4, -0.2) is 65.0 Å². The number of aliphatic hydroxyl groups excluding tert-OH is 1. The number of hydrogen-bond donors (Lipinski definition) is 2. The Hall–Kier alpha value is -2.84. The monoisotopic (exact) mass is 444 g/mol. The number of aromatic hydroxyl groups is 1. The SMILES string of the molecule is CCN(CC)CCCN1C(=O)C(=O)C(=C(O)c2ccc(OC)cc2O)C1c1cccs1. The van der Waals surface area contributed by atoms with E-state index in [-0.39, 0.29) is 22.6 Å². The van der Waals surface area contributed by atoms with Crippen LogP contribution in [0.15, 0.2) is 41.3 Å². The van der Waals surface area contributed by atoms with E-state index in [1.54, 1.807) is 6.07 Å². The first kappa shape index (κ1) is 22.8. The summed E-state index contributed by atoms with van der Waals surface area (Å²) < 4.78 is 5.08. The Balaban J connectivity index is 2.00. The van der Waals surface area contributed by atoms with Gasteiger partial charge in [-0.05, 0) is 49.6 Å². The van der Waals surface area contributed by atoms with Crippen LogP contribution in [0.4, 0.5) is 0 Å². The zero-order chi connectivity index (χ0) is 22.5. The summed E-state index contributed by atoms with van der Waals surface area (Å²) in [5.41, 5.74) is 0.0826. The van der Waals surface area contributed by atoms with E-state index < -0.39 is 17.7 Å². The fraction of sp³-hybridized carbons (Fsp3) is 0.391. The van der Waals surface area contributed by atoms with Crippen molar-refractivity contribution in [1.29, 1.82) is 0 Å². The normalized spacial score (nSPS) is 18.2. The van der Waals surface area contributed by atoms with Crippen LogP contribution in [0.2, 0.25) is 0 Å². The molecular weight excluding hydrogens is 416 g/mol. The molecule has 0 saturated carbocycles.